The van der Waals surface area contributed by atoms with Crippen LogP contribution in [0.4, 0.5) is 0 Å². The summed E-state index contributed by atoms with van der Waals surface area (Å²) in [6.45, 7) is 7.97. The fourth-order valence-corrected chi connectivity index (χ4v) is 2.67. The highest BCUT2D eigenvalue weighted by Gasteiger charge is 2.09. The molecule has 2 aromatic rings. The first-order valence-electron chi connectivity index (χ1n) is 7.99. The summed E-state index contributed by atoms with van der Waals surface area (Å²) in [7, 11) is 0. The maximum Gasteiger partial charge on any atom is 0.345 e. The summed E-state index contributed by atoms with van der Waals surface area (Å²) >= 11 is 0. The zero-order chi connectivity index (χ0) is 17.7. The number of nitrogens with one attached hydrogen (secondary N) is 2. The van der Waals surface area contributed by atoms with Gasteiger partial charge in [-0.15, -0.1) is 0 Å². The van der Waals surface area contributed by atoms with Crippen molar-refractivity contribution in [2.75, 3.05) is 6.54 Å². The first-order valence-corrected chi connectivity index (χ1v) is 7.99. The molecule has 2 rings (SSSR count). The number of amides is 1. The minimum Gasteiger partial charge on any atom is -0.356 e. The fraction of sp³-hybridized carbons (Fsp3) is 0.471. The molecule has 0 spiro atoms. The zero-order valence-corrected chi connectivity index (χ0v) is 14.6. The van der Waals surface area contributed by atoms with Crippen LogP contribution in [0.5, 0.6) is 0 Å². The highest BCUT2D eigenvalue weighted by molar-refractivity contribution is 5.76. The molecule has 128 valence electrons. The number of aryl methyl sites for hydroxylation is 4. The van der Waals surface area contributed by atoms with Crippen LogP contribution in [0.15, 0.2) is 10.9 Å². The van der Waals surface area contributed by atoms with Crippen LogP contribution in [-0.2, 0) is 17.6 Å². The molecule has 0 aromatic carbocycles. The Morgan fingerprint density at radius 1 is 1.08 bits per heavy atom. The molecule has 7 nitrogen and oxygen atoms in total. The van der Waals surface area contributed by atoms with Crippen molar-refractivity contribution < 1.29 is 4.79 Å². The van der Waals surface area contributed by atoms with E-state index in [1.807, 2.05) is 26.8 Å². The van der Waals surface area contributed by atoms with Crippen LogP contribution >= 0.6 is 0 Å². The lowest BCUT2D eigenvalue weighted by Crippen LogP contribution is -2.27. The molecule has 2 heterocycles. The van der Waals surface area contributed by atoms with Gasteiger partial charge in [-0.2, -0.15) is 4.98 Å². The van der Waals surface area contributed by atoms with E-state index in [1.165, 1.54) is 0 Å². The topological polar surface area (TPSA) is 101 Å². The van der Waals surface area contributed by atoms with E-state index in [0.717, 1.165) is 28.5 Å². The zero-order valence-electron chi connectivity index (χ0n) is 14.6. The van der Waals surface area contributed by atoms with Crippen LogP contribution in [0, 0.1) is 27.7 Å². The number of rotatable bonds is 6. The third-order valence-electron chi connectivity index (χ3n) is 3.75. The van der Waals surface area contributed by atoms with Gasteiger partial charge < -0.3 is 10.3 Å². The van der Waals surface area contributed by atoms with Gasteiger partial charge in [-0.1, -0.05) is 0 Å². The smallest absolute Gasteiger partial charge is 0.345 e. The maximum absolute atomic E-state index is 12.0. The lowest BCUT2D eigenvalue weighted by atomic mass is 10.1. The van der Waals surface area contributed by atoms with Crippen molar-refractivity contribution in [2.45, 2.75) is 47.0 Å². The molecule has 0 saturated carbocycles. The minimum atomic E-state index is -0.355. The number of nitrogens with zero attached hydrogens (tertiary/aromatic N) is 3. The Bertz CT molecular complexity index is 752. The summed E-state index contributed by atoms with van der Waals surface area (Å²) in [5.41, 5.74) is 3.87. The Morgan fingerprint density at radius 2 is 1.75 bits per heavy atom. The predicted octanol–water partition coefficient (Wildman–Crippen LogP) is 1.09. The van der Waals surface area contributed by atoms with Crippen molar-refractivity contribution in [3.63, 3.8) is 0 Å². The Morgan fingerprint density at radius 3 is 2.38 bits per heavy atom. The van der Waals surface area contributed by atoms with Crippen molar-refractivity contribution in [3.05, 3.63) is 50.7 Å². The quantitative estimate of drug-likeness (QED) is 0.826. The van der Waals surface area contributed by atoms with Crippen LogP contribution in [0.3, 0.4) is 0 Å². The van der Waals surface area contributed by atoms with Crippen LogP contribution < -0.4 is 11.0 Å². The Hall–Kier alpha value is -2.57. The summed E-state index contributed by atoms with van der Waals surface area (Å²) in [4.78, 5) is 38.5. The molecule has 7 heteroatoms. The lowest BCUT2D eigenvalue weighted by Gasteiger charge is -2.09. The van der Waals surface area contributed by atoms with Gasteiger partial charge in [0.2, 0.25) is 5.91 Å². The van der Waals surface area contributed by atoms with Gasteiger partial charge in [-0.25, -0.2) is 14.8 Å². The van der Waals surface area contributed by atoms with Gasteiger partial charge in [0.1, 0.15) is 5.82 Å². The van der Waals surface area contributed by atoms with Crippen molar-refractivity contribution in [3.8, 4) is 0 Å². The van der Waals surface area contributed by atoms with Crippen molar-refractivity contribution in [1.29, 1.82) is 0 Å². The first-order chi connectivity index (χ1) is 11.3. The van der Waals surface area contributed by atoms with E-state index in [0.29, 0.717) is 31.5 Å². The molecule has 24 heavy (non-hydrogen) atoms. The van der Waals surface area contributed by atoms with Gasteiger partial charge in [0.05, 0.1) is 0 Å². The molecular formula is C17H23N5O2. The molecule has 2 aromatic heterocycles. The van der Waals surface area contributed by atoms with Gasteiger partial charge >= 0.3 is 5.69 Å². The number of carbonyl (C=O) groups excluding carboxylic acids is 1. The predicted molar refractivity (Wildman–Crippen MR) is 90.9 cm³/mol. The highest BCUT2D eigenvalue weighted by atomic mass is 16.1. The van der Waals surface area contributed by atoms with Crippen LogP contribution in [0.2, 0.25) is 0 Å². The van der Waals surface area contributed by atoms with Gasteiger partial charge in [-0.3, -0.25) is 4.79 Å². The van der Waals surface area contributed by atoms with Gasteiger partial charge in [-0.05, 0) is 45.7 Å². The highest BCUT2D eigenvalue weighted by Crippen LogP contribution is 2.09. The molecule has 0 atom stereocenters. The molecule has 0 aliphatic carbocycles. The maximum atomic E-state index is 12.0. The summed E-state index contributed by atoms with van der Waals surface area (Å²) in [5.74, 6) is 0.702. The van der Waals surface area contributed by atoms with Crippen molar-refractivity contribution in [1.82, 2.24) is 25.3 Å². The van der Waals surface area contributed by atoms with E-state index in [-0.39, 0.29) is 11.6 Å². The molecule has 0 saturated heterocycles. The molecule has 0 radical (unpaired) electrons. The van der Waals surface area contributed by atoms with Crippen LogP contribution in [-0.4, -0.2) is 32.4 Å². The van der Waals surface area contributed by atoms with E-state index < -0.39 is 0 Å². The SMILES string of the molecule is Cc1cc(C)nc(CCNC(=O)CCc2c(C)nc(=O)[nH]c2C)n1. The van der Waals surface area contributed by atoms with E-state index >= 15 is 0 Å². The number of hydrogen-bond acceptors (Lipinski definition) is 5. The van der Waals surface area contributed by atoms with E-state index in [4.69, 9.17) is 0 Å². The molecular weight excluding hydrogens is 306 g/mol. The average molecular weight is 329 g/mol. The van der Waals surface area contributed by atoms with Crippen molar-refractivity contribution in [2.24, 2.45) is 0 Å². The third kappa shape index (κ3) is 4.97. The number of aromatic nitrogens is 4. The first kappa shape index (κ1) is 17.8. The summed E-state index contributed by atoms with van der Waals surface area (Å²) in [5, 5.41) is 2.88. The van der Waals surface area contributed by atoms with E-state index in [9.17, 15) is 9.59 Å². The molecule has 0 aliphatic heterocycles. The van der Waals surface area contributed by atoms with Crippen LogP contribution in [0.25, 0.3) is 0 Å². The van der Waals surface area contributed by atoms with Crippen LogP contribution in [0.1, 0.15) is 40.6 Å². The largest absolute Gasteiger partial charge is 0.356 e. The summed E-state index contributed by atoms with van der Waals surface area (Å²) in [6.07, 6.45) is 1.50. The monoisotopic (exact) mass is 329 g/mol. The normalized spacial score (nSPS) is 10.7. The van der Waals surface area contributed by atoms with Gasteiger partial charge in [0, 0.05) is 42.2 Å². The van der Waals surface area contributed by atoms with Gasteiger partial charge in [0.15, 0.2) is 0 Å². The van der Waals surface area contributed by atoms with E-state index in [1.54, 1.807) is 6.92 Å². The Labute approximate surface area is 141 Å². The summed E-state index contributed by atoms with van der Waals surface area (Å²) in [6, 6.07) is 1.92. The number of aromatic amines is 1. The van der Waals surface area contributed by atoms with E-state index in [2.05, 4.69) is 25.3 Å². The summed E-state index contributed by atoms with van der Waals surface area (Å²) < 4.78 is 0. The third-order valence-corrected chi connectivity index (χ3v) is 3.75. The second-order valence-electron chi connectivity index (χ2n) is 5.90. The lowest BCUT2D eigenvalue weighted by molar-refractivity contribution is -0.121. The van der Waals surface area contributed by atoms with Gasteiger partial charge in [0.25, 0.3) is 0 Å². The number of carbonyl (C=O) groups is 1. The minimum absolute atomic E-state index is 0.0376. The molecule has 2 N–H and O–H groups in total. The Kier molecular flexibility index (Phi) is 5.78. The molecule has 1 amide bonds. The Balaban J connectivity index is 1.83. The second-order valence-corrected chi connectivity index (χ2v) is 5.90. The average Bonchev–Trinajstić information content (AvgIpc) is 2.45. The fourth-order valence-electron chi connectivity index (χ4n) is 2.67. The molecule has 0 bridgehead atoms. The standard InChI is InChI=1S/C17H23N5O2/c1-10-9-11(2)20-15(19-10)7-8-18-16(23)6-5-14-12(3)21-17(24)22-13(14)4/h9H,5-8H2,1-4H3,(H,18,23)(H,21,22,24). The van der Waals surface area contributed by atoms with Crippen molar-refractivity contribution >= 4 is 5.91 Å². The molecule has 0 unspecified atom stereocenters. The molecule has 0 aliphatic rings. The number of H-pyrrole nitrogens is 1. The second kappa shape index (κ2) is 7.81. The number of hydrogen-bond donors (Lipinski definition) is 2. The molecule has 0 fully saturated rings.